The van der Waals surface area contributed by atoms with Crippen LogP contribution in [0.25, 0.3) is 11.2 Å². The minimum atomic E-state index is -0.213. The summed E-state index contributed by atoms with van der Waals surface area (Å²) in [5.74, 6) is 0.211. The number of benzene rings is 1. The van der Waals surface area contributed by atoms with E-state index < -0.39 is 0 Å². The highest BCUT2D eigenvalue weighted by atomic mass is 16.1. The predicted octanol–water partition coefficient (Wildman–Crippen LogP) is 2.90. The van der Waals surface area contributed by atoms with E-state index in [1.807, 2.05) is 24.3 Å². The van der Waals surface area contributed by atoms with Crippen molar-refractivity contribution in [2.45, 2.75) is 26.2 Å². The number of nitrogens with zero attached hydrogens (tertiary/aromatic N) is 3. The number of carbonyl (C=O) groups is 1. The molecule has 3 rings (SSSR count). The van der Waals surface area contributed by atoms with Crippen LogP contribution >= 0.6 is 0 Å². The molecule has 2 heterocycles. The Morgan fingerprint density at radius 2 is 1.82 bits per heavy atom. The van der Waals surface area contributed by atoms with Crippen LogP contribution in [0.5, 0.6) is 0 Å². The Balaban J connectivity index is 1.84. The Morgan fingerprint density at radius 1 is 1.09 bits per heavy atom. The average molecular weight is 295 g/mol. The molecule has 112 valence electrons. The van der Waals surface area contributed by atoms with Crippen LogP contribution in [0.15, 0.2) is 36.9 Å². The quantitative estimate of drug-likeness (QED) is 0.761. The molecular weight excluding hydrogens is 278 g/mol. The number of carbonyl (C=O) groups excluding carboxylic acids is 1. The summed E-state index contributed by atoms with van der Waals surface area (Å²) in [7, 11) is 0. The van der Waals surface area contributed by atoms with Crippen molar-refractivity contribution in [3.05, 3.63) is 48.0 Å². The Labute approximate surface area is 128 Å². The van der Waals surface area contributed by atoms with E-state index in [9.17, 15) is 4.79 Å². The molecule has 0 fully saturated rings. The number of hydrogen-bond acceptors (Lipinski definition) is 4. The number of hydrogen-bond donors (Lipinski definition) is 2. The summed E-state index contributed by atoms with van der Waals surface area (Å²) in [5.41, 5.74) is 2.96. The molecule has 0 aliphatic rings. The molecule has 0 unspecified atom stereocenters. The number of aromatic nitrogens is 4. The molecule has 0 bridgehead atoms. The van der Waals surface area contributed by atoms with Crippen molar-refractivity contribution in [3.63, 3.8) is 0 Å². The Kier molecular flexibility index (Phi) is 3.36. The lowest BCUT2D eigenvalue weighted by Gasteiger charge is -2.19. The molecule has 0 aliphatic carbocycles. The van der Waals surface area contributed by atoms with Gasteiger partial charge in [-0.15, -0.1) is 0 Å². The highest BCUT2D eigenvalue weighted by molar-refractivity contribution is 6.06. The maximum atomic E-state index is 12.3. The number of rotatable bonds is 2. The number of amides is 1. The normalized spacial score (nSPS) is 11.6. The zero-order valence-corrected chi connectivity index (χ0v) is 12.7. The standard InChI is InChI=1S/C16H17N5O/c1-16(2,3)11-6-4-10(5-7-11)15(22)21-14-12-13(18-8-17-12)19-9-20-14/h4-9H,1-3H3,(H2,17,18,19,20,21,22). The van der Waals surface area contributed by atoms with Gasteiger partial charge in [-0.2, -0.15) is 0 Å². The number of imidazole rings is 1. The van der Waals surface area contributed by atoms with Gasteiger partial charge >= 0.3 is 0 Å². The topological polar surface area (TPSA) is 83.6 Å². The molecule has 0 spiro atoms. The molecule has 2 N–H and O–H groups in total. The van der Waals surface area contributed by atoms with Crippen molar-refractivity contribution in [2.24, 2.45) is 0 Å². The van der Waals surface area contributed by atoms with Crippen molar-refractivity contribution >= 4 is 22.9 Å². The van der Waals surface area contributed by atoms with Gasteiger partial charge in [-0.1, -0.05) is 32.9 Å². The van der Waals surface area contributed by atoms with Crippen molar-refractivity contribution in [2.75, 3.05) is 5.32 Å². The lowest BCUT2D eigenvalue weighted by atomic mass is 9.87. The summed E-state index contributed by atoms with van der Waals surface area (Å²) in [6.45, 7) is 6.41. The van der Waals surface area contributed by atoms with Crippen LogP contribution in [0.4, 0.5) is 5.82 Å². The highest BCUT2D eigenvalue weighted by Gasteiger charge is 2.15. The van der Waals surface area contributed by atoms with Crippen LogP contribution < -0.4 is 5.32 Å². The van der Waals surface area contributed by atoms with Crippen molar-refractivity contribution in [3.8, 4) is 0 Å². The number of aromatic amines is 1. The van der Waals surface area contributed by atoms with Crippen molar-refractivity contribution < 1.29 is 4.79 Å². The van der Waals surface area contributed by atoms with Gasteiger partial charge in [-0.25, -0.2) is 15.0 Å². The van der Waals surface area contributed by atoms with E-state index in [4.69, 9.17) is 0 Å². The van der Waals surface area contributed by atoms with Crippen LogP contribution in [-0.2, 0) is 5.41 Å². The summed E-state index contributed by atoms with van der Waals surface area (Å²) in [5, 5.41) is 2.78. The molecule has 1 aromatic carbocycles. The maximum Gasteiger partial charge on any atom is 0.256 e. The van der Waals surface area contributed by atoms with E-state index >= 15 is 0 Å². The minimum absolute atomic E-state index is 0.0593. The fourth-order valence-electron chi connectivity index (χ4n) is 2.16. The van der Waals surface area contributed by atoms with Gasteiger partial charge < -0.3 is 10.3 Å². The average Bonchev–Trinajstić information content (AvgIpc) is 2.96. The van der Waals surface area contributed by atoms with Crippen LogP contribution in [-0.4, -0.2) is 25.8 Å². The van der Waals surface area contributed by atoms with Gasteiger partial charge in [-0.05, 0) is 23.1 Å². The molecule has 0 radical (unpaired) electrons. The summed E-state index contributed by atoms with van der Waals surface area (Å²) in [6, 6.07) is 7.59. The van der Waals surface area contributed by atoms with E-state index in [2.05, 4.69) is 46.0 Å². The molecule has 2 aromatic heterocycles. The summed E-state index contributed by atoms with van der Waals surface area (Å²) >= 11 is 0. The summed E-state index contributed by atoms with van der Waals surface area (Å²) in [6.07, 6.45) is 2.90. The fraction of sp³-hybridized carbons (Fsp3) is 0.250. The first kappa shape index (κ1) is 14.2. The van der Waals surface area contributed by atoms with Crippen LogP contribution in [0.2, 0.25) is 0 Å². The van der Waals surface area contributed by atoms with Gasteiger partial charge in [0.2, 0.25) is 0 Å². The first-order valence-corrected chi connectivity index (χ1v) is 7.01. The molecule has 0 atom stereocenters. The molecule has 3 aromatic rings. The SMILES string of the molecule is CC(C)(C)c1ccc(C(=O)Nc2ncnc3nc[nH]c23)cc1. The molecule has 0 saturated heterocycles. The molecule has 0 saturated carbocycles. The van der Waals surface area contributed by atoms with Gasteiger partial charge in [0.25, 0.3) is 5.91 Å². The smallest absolute Gasteiger partial charge is 0.256 e. The third-order valence-corrected chi connectivity index (χ3v) is 3.47. The Hall–Kier alpha value is -2.76. The van der Waals surface area contributed by atoms with Crippen LogP contribution in [0, 0.1) is 0 Å². The Bertz CT molecular complexity index is 814. The molecule has 0 aliphatic heterocycles. The second-order valence-electron chi connectivity index (χ2n) is 6.10. The third-order valence-electron chi connectivity index (χ3n) is 3.47. The Morgan fingerprint density at radius 3 is 2.50 bits per heavy atom. The van der Waals surface area contributed by atoms with Crippen molar-refractivity contribution in [1.29, 1.82) is 0 Å². The van der Waals surface area contributed by atoms with Gasteiger partial charge in [0.1, 0.15) is 11.8 Å². The van der Waals surface area contributed by atoms with E-state index in [0.29, 0.717) is 22.5 Å². The molecule has 22 heavy (non-hydrogen) atoms. The second-order valence-corrected chi connectivity index (χ2v) is 6.10. The van der Waals surface area contributed by atoms with Gasteiger partial charge in [0.05, 0.1) is 6.33 Å². The zero-order valence-electron chi connectivity index (χ0n) is 12.7. The van der Waals surface area contributed by atoms with Crippen LogP contribution in [0.3, 0.4) is 0 Å². The monoisotopic (exact) mass is 295 g/mol. The minimum Gasteiger partial charge on any atom is -0.340 e. The first-order valence-electron chi connectivity index (χ1n) is 7.01. The molecule has 6 heteroatoms. The highest BCUT2D eigenvalue weighted by Crippen LogP contribution is 2.22. The number of fused-ring (bicyclic) bond motifs is 1. The van der Waals surface area contributed by atoms with E-state index in [0.717, 1.165) is 0 Å². The van der Waals surface area contributed by atoms with Gasteiger partial charge in [0.15, 0.2) is 11.5 Å². The maximum absolute atomic E-state index is 12.3. The lowest BCUT2D eigenvalue weighted by Crippen LogP contribution is -2.15. The van der Waals surface area contributed by atoms with Gasteiger partial charge in [0, 0.05) is 5.56 Å². The number of anilines is 1. The van der Waals surface area contributed by atoms with E-state index in [1.54, 1.807) is 0 Å². The van der Waals surface area contributed by atoms with Crippen molar-refractivity contribution in [1.82, 2.24) is 19.9 Å². The van der Waals surface area contributed by atoms with E-state index in [-0.39, 0.29) is 11.3 Å². The fourth-order valence-corrected chi connectivity index (χ4v) is 2.16. The summed E-state index contributed by atoms with van der Waals surface area (Å²) < 4.78 is 0. The van der Waals surface area contributed by atoms with E-state index in [1.165, 1.54) is 18.2 Å². The molecular formula is C16H17N5O. The largest absolute Gasteiger partial charge is 0.340 e. The number of nitrogens with one attached hydrogen (secondary N) is 2. The lowest BCUT2D eigenvalue weighted by molar-refractivity contribution is 0.102. The molecule has 6 nitrogen and oxygen atoms in total. The molecule has 1 amide bonds. The van der Waals surface area contributed by atoms with Gasteiger partial charge in [-0.3, -0.25) is 4.79 Å². The first-order chi connectivity index (χ1) is 10.4. The third kappa shape index (κ3) is 2.67. The van der Waals surface area contributed by atoms with Crippen LogP contribution in [0.1, 0.15) is 36.7 Å². The predicted molar refractivity (Wildman–Crippen MR) is 84.8 cm³/mol. The zero-order chi connectivity index (χ0) is 15.7. The number of H-pyrrole nitrogens is 1. The second kappa shape index (κ2) is 5.22. The summed E-state index contributed by atoms with van der Waals surface area (Å²) in [4.78, 5) is 27.4.